The minimum absolute atomic E-state index is 0.0489. The van der Waals surface area contributed by atoms with Gasteiger partial charge in [0, 0.05) is 47.3 Å². The van der Waals surface area contributed by atoms with Crippen molar-refractivity contribution in [2.24, 2.45) is 0 Å². The Morgan fingerprint density at radius 2 is 1.56 bits per heavy atom. The summed E-state index contributed by atoms with van der Waals surface area (Å²) in [6.07, 6.45) is -1.15. The van der Waals surface area contributed by atoms with Crippen LogP contribution in [0.1, 0.15) is 5.56 Å². The zero-order valence-corrected chi connectivity index (χ0v) is 12.6. The summed E-state index contributed by atoms with van der Waals surface area (Å²) >= 11 is 0. The van der Waals surface area contributed by atoms with Crippen LogP contribution in [-0.4, -0.2) is 11.4 Å². The molecule has 0 saturated carbocycles. The van der Waals surface area contributed by atoms with Gasteiger partial charge in [0.05, 0.1) is 6.07 Å². The fourth-order valence-electron chi connectivity index (χ4n) is 2.91. The number of hydrogen-bond acceptors (Lipinski definition) is 7. The van der Waals surface area contributed by atoms with Crippen LogP contribution in [0.3, 0.4) is 0 Å². The number of hydrogen-bond donors (Lipinski definition) is 5. The lowest BCUT2D eigenvalue weighted by atomic mass is 10.1. The highest BCUT2D eigenvalue weighted by molar-refractivity contribution is 5.59. The number of nitrogens with one attached hydrogen (secondary N) is 4. The van der Waals surface area contributed by atoms with Crippen LogP contribution in [0.2, 0.25) is 0 Å². The summed E-state index contributed by atoms with van der Waals surface area (Å²) in [5, 5.41) is 54.4. The number of quaternary nitrogens is 4. The smallest absolute Gasteiger partial charge is 0.239 e. The van der Waals surface area contributed by atoms with Crippen molar-refractivity contribution in [2.75, 3.05) is 0 Å². The van der Waals surface area contributed by atoms with Gasteiger partial charge in [-0.3, -0.25) is 0 Å². The van der Waals surface area contributed by atoms with Gasteiger partial charge in [0.1, 0.15) is 11.4 Å². The summed E-state index contributed by atoms with van der Waals surface area (Å²) in [4.78, 5) is 9.22. The minimum Gasteiger partial charge on any atom is -0.623 e. The monoisotopic (exact) mass is 350 g/mol. The first-order chi connectivity index (χ1) is 11.9. The largest absolute Gasteiger partial charge is 0.623 e. The molecule has 11 nitrogen and oxygen atoms in total. The summed E-state index contributed by atoms with van der Waals surface area (Å²) in [6, 6.07) is 8.56. The second kappa shape index (κ2) is 6.06. The topological polar surface area (TPSA) is 149 Å². The first-order valence-electron chi connectivity index (χ1n) is 7.41. The van der Waals surface area contributed by atoms with E-state index in [4.69, 9.17) is 4.84 Å². The van der Waals surface area contributed by atoms with Crippen molar-refractivity contribution in [3.8, 4) is 0 Å². The van der Waals surface area contributed by atoms with Crippen LogP contribution in [0, 0.1) is 20.8 Å². The van der Waals surface area contributed by atoms with Crippen molar-refractivity contribution in [1.29, 1.82) is 0 Å². The van der Waals surface area contributed by atoms with Gasteiger partial charge in [-0.25, -0.2) is 0 Å². The number of aliphatic hydroxyl groups excluding tert-OH is 1. The maximum atomic E-state index is 12.7. The van der Waals surface area contributed by atoms with Crippen molar-refractivity contribution >= 4 is 28.4 Å². The lowest BCUT2D eigenvalue weighted by Gasteiger charge is -2.30. The van der Waals surface area contributed by atoms with E-state index < -0.39 is 22.0 Å². The van der Waals surface area contributed by atoms with Gasteiger partial charge in [0.25, 0.3) is 0 Å². The third kappa shape index (κ3) is 2.81. The Morgan fingerprint density at radius 3 is 2.32 bits per heavy atom. The van der Waals surface area contributed by atoms with Gasteiger partial charge in [-0.15, -0.1) is 10.5 Å². The average molecular weight is 350 g/mol. The van der Waals surface area contributed by atoms with Gasteiger partial charge in [0.15, 0.2) is 5.69 Å². The van der Waals surface area contributed by atoms with Gasteiger partial charge in [0.2, 0.25) is 17.7 Å². The molecule has 4 rings (SSSR count). The first kappa shape index (κ1) is 16.5. The van der Waals surface area contributed by atoms with Crippen molar-refractivity contribution in [1.82, 2.24) is 0 Å². The molecule has 0 aromatic heterocycles. The predicted molar refractivity (Wildman–Crippen MR) is 80.4 cm³/mol. The molecular weight excluding hydrogens is 336 g/mol. The summed E-state index contributed by atoms with van der Waals surface area (Å²) < 4.78 is 0. The quantitative estimate of drug-likeness (QED) is 0.282. The summed E-state index contributed by atoms with van der Waals surface area (Å²) in [5.74, 6) is 0. The summed E-state index contributed by atoms with van der Waals surface area (Å²) in [6.45, 7) is 0. The Kier molecular flexibility index (Phi) is 3.99. The second-order valence-electron chi connectivity index (χ2n) is 5.70. The predicted octanol–water partition coefficient (Wildman–Crippen LogP) is -3.26. The van der Waals surface area contributed by atoms with Gasteiger partial charge >= 0.3 is 0 Å². The van der Waals surface area contributed by atoms with Gasteiger partial charge in [-0.05, 0) is 0 Å². The van der Waals surface area contributed by atoms with E-state index in [2.05, 4.69) is 4.94 Å². The van der Waals surface area contributed by atoms with Crippen LogP contribution >= 0.6 is 0 Å². The fraction of sp³-hybridized carbons (Fsp3) is 0.143. The van der Waals surface area contributed by atoms with Gasteiger partial charge < -0.3 is 31.0 Å². The molecular formula is C14H14N4O7. The van der Waals surface area contributed by atoms with Crippen molar-refractivity contribution in [3.05, 3.63) is 62.8 Å². The SMILES string of the molecule is [O-][NH+]1OC(O)Cc2cc([NH+]([O-])c3ccc4c(c3)[NH+]([O-])O[NH+]4[O-])ccc21. The number of benzene rings is 2. The highest BCUT2D eigenvalue weighted by Gasteiger charge is 2.31. The number of aliphatic hydroxyl groups is 1. The minimum atomic E-state index is -1.24. The molecule has 5 atom stereocenters. The Labute approximate surface area is 140 Å². The van der Waals surface area contributed by atoms with Crippen molar-refractivity contribution < 1.29 is 35.6 Å². The molecule has 0 fully saturated rings. The van der Waals surface area contributed by atoms with Crippen molar-refractivity contribution in [3.63, 3.8) is 0 Å². The summed E-state index contributed by atoms with van der Waals surface area (Å²) in [5.41, 5.74) is 1.48. The zero-order chi connectivity index (χ0) is 17.7. The normalized spacial score (nSPS) is 29.2. The molecule has 132 valence electrons. The molecule has 0 bridgehead atoms. The molecule has 11 heteroatoms. The maximum absolute atomic E-state index is 12.7. The molecule has 2 aromatic carbocycles. The molecule has 0 amide bonds. The molecule has 0 aliphatic carbocycles. The van der Waals surface area contributed by atoms with E-state index in [0.29, 0.717) is 16.9 Å². The number of rotatable bonds is 2. The Bertz CT molecular complexity index is 820. The highest BCUT2D eigenvalue weighted by atomic mass is 17.1. The third-order valence-corrected chi connectivity index (χ3v) is 4.13. The molecule has 2 aliphatic heterocycles. The standard InChI is InChI=1S/C14H14N4O7/c19-14-6-8-5-9(1-3-11(8)16(21)24-14)15(20)10-2-4-12-13(7-10)18(23)25-17(12)22/h1-5,7,14-19H,6H2. The Hall–Kier alpha value is -2.00. The molecule has 5 unspecified atom stereocenters. The van der Waals surface area contributed by atoms with Crippen LogP contribution in [0.25, 0.3) is 0 Å². The van der Waals surface area contributed by atoms with E-state index in [0.717, 1.165) is 0 Å². The molecule has 0 saturated heterocycles. The lowest BCUT2D eigenvalue weighted by molar-refractivity contribution is -1.24. The van der Waals surface area contributed by atoms with Crippen LogP contribution < -0.4 is 20.7 Å². The average Bonchev–Trinajstić information content (AvgIpc) is 2.87. The van der Waals surface area contributed by atoms with Crippen LogP contribution in [-0.2, 0) is 16.2 Å². The molecule has 5 N–H and O–H groups in total. The van der Waals surface area contributed by atoms with Gasteiger partial charge in [-0.2, -0.15) is 10.1 Å². The van der Waals surface area contributed by atoms with Crippen LogP contribution in [0.15, 0.2) is 36.4 Å². The fourth-order valence-corrected chi connectivity index (χ4v) is 2.91. The van der Waals surface area contributed by atoms with Gasteiger partial charge in [-0.1, -0.05) is 0 Å². The van der Waals surface area contributed by atoms with E-state index in [9.17, 15) is 25.9 Å². The second-order valence-corrected chi connectivity index (χ2v) is 5.70. The Morgan fingerprint density at radius 1 is 0.920 bits per heavy atom. The van der Waals surface area contributed by atoms with Crippen LogP contribution in [0.4, 0.5) is 28.4 Å². The molecule has 2 aromatic rings. The highest BCUT2D eigenvalue weighted by Crippen LogP contribution is 2.23. The van der Waals surface area contributed by atoms with E-state index in [1.54, 1.807) is 0 Å². The zero-order valence-electron chi connectivity index (χ0n) is 12.6. The molecule has 0 radical (unpaired) electrons. The van der Waals surface area contributed by atoms with E-state index in [-0.39, 0.29) is 28.5 Å². The molecule has 2 aliphatic rings. The molecule has 2 heterocycles. The Balaban J connectivity index is 1.67. The van der Waals surface area contributed by atoms with E-state index >= 15 is 0 Å². The first-order valence-corrected chi connectivity index (χ1v) is 7.41. The van der Waals surface area contributed by atoms with Crippen LogP contribution in [0.5, 0.6) is 0 Å². The van der Waals surface area contributed by atoms with E-state index in [1.807, 2.05) is 0 Å². The summed E-state index contributed by atoms with van der Waals surface area (Å²) in [7, 11) is 0. The molecule has 25 heavy (non-hydrogen) atoms. The van der Waals surface area contributed by atoms with E-state index in [1.165, 1.54) is 36.4 Å². The number of fused-ring (bicyclic) bond motifs is 2. The van der Waals surface area contributed by atoms with Crippen molar-refractivity contribution in [2.45, 2.75) is 12.7 Å². The lowest BCUT2D eigenvalue weighted by Crippen LogP contribution is -3.15. The third-order valence-electron chi connectivity index (χ3n) is 4.13. The molecule has 0 spiro atoms. The maximum Gasteiger partial charge on any atom is 0.239 e.